The molecule has 0 saturated heterocycles. The summed E-state index contributed by atoms with van der Waals surface area (Å²) in [6, 6.07) is 4.13. The lowest BCUT2D eigenvalue weighted by Crippen LogP contribution is -2.15. The van der Waals surface area contributed by atoms with Gasteiger partial charge in [-0.2, -0.15) is 0 Å². The highest BCUT2D eigenvalue weighted by Gasteiger charge is 2.34. The number of carbonyl (C=O) groups is 1. The average molecular weight is 274 g/mol. The van der Waals surface area contributed by atoms with Gasteiger partial charge in [-0.05, 0) is 24.6 Å². The van der Waals surface area contributed by atoms with Gasteiger partial charge in [0, 0.05) is 12.8 Å². The Labute approximate surface area is 109 Å². The van der Waals surface area contributed by atoms with Crippen LogP contribution in [0.1, 0.15) is 24.8 Å². The summed E-state index contributed by atoms with van der Waals surface area (Å²) in [4.78, 5) is 10.4. The molecular weight excluding hydrogens is 258 g/mol. The minimum absolute atomic E-state index is 0.0566. The Balaban J connectivity index is 2.94. The lowest BCUT2D eigenvalue weighted by atomic mass is 10.0. The van der Waals surface area contributed by atoms with Gasteiger partial charge < -0.3 is 14.6 Å². The van der Waals surface area contributed by atoms with Gasteiger partial charge in [0.2, 0.25) is 0 Å². The van der Waals surface area contributed by atoms with E-state index < -0.39 is 18.3 Å². The smallest absolute Gasteiger partial charge is 0.303 e. The molecule has 0 heterocycles. The molecule has 6 heteroatoms. The molecule has 0 spiro atoms. The number of hydrogen-bond acceptors (Lipinski definition) is 3. The Kier molecular flexibility index (Phi) is 5.09. The van der Waals surface area contributed by atoms with Crippen molar-refractivity contribution in [2.75, 3.05) is 14.2 Å². The Morgan fingerprint density at radius 3 is 2.53 bits per heavy atom. The van der Waals surface area contributed by atoms with Gasteiger partial charge in [0.05, 0.1) is 19.8 Å². The fourth-order valence-corrected chi connectivity index (χ4v) is 1.70. The number of benzene rings is 1. The van der Waals surface area contributed by atoms with E-state index in [1.54, 1.807) is 0 Å². The number of hydrogen-bond donors (Lipinski definition) is 1. The number of carboxylic acids is 1. The van der Waals surface area contributed by atoms with E-state index in [2.05, 4.69) is 0 Å². The Morgan fingerprint density at radius 2 is 2.00 bits per heavy atom. The molecule has 1 aromatic rings. The van der Waals surface area contributed by atoms with Gasteiger partial charge in [0.1, 0.15) is 11.5 Å². The zero-order valence-electron chi connectivity index (χ0n) is 10.8. The van der Waals surface area contributed by atoms with Gasteiger partial charge in [-0.3, -0.25) is 4.79 Å². The molecular formula is C13H16F2O4. The van der Waals surface area contributed by atoms with Gasteiger partial charge in [-0.25, -0.2) is 8.78 Å². The van der Waals surface area contributed by atoms with Crippen LogP contribution in [-0.2, 0) is 10.7 Å². The normalized spacial score (nSPS) is 11.2. The lowest BCUT2D eigenvalue weighted by Gasteiger charge is -2.19. The summed E-state index contributed by atoms with van der Waals surface area (Å²) in [5.74, 6) is -3.89. The molecule has 0 aromatic heterocycles. The third-order valence-corrected chi connectivity index (χ3v) is 2.68. The Bertz CT molecular complexity index is 446. The van der Waals surface area contributed by atoms with E-state index in [0.29, 0.717) is 5.75 Å². The molecule has 0 fully saturated rings. The van der Waals surface area contributed by atoms with Crippen molar-refractivity contribution in [3.8, 4) is 11.5 Å². The molecule has 0 aliphatic rings. The molecule has 0 radical (unpaired) electrons. The highest BCUT2D eigenvalue weighted by Crippen LogP contribution is 2.40. The van der Waals surface area contributed by atoms with Crippen molar-refractivity contribution in [2.45, 2.75) is 25.2 Å². The first-order valence-electron chi connectivity index (χ1n) is 5.73. The molecule has 106 valence electrons. The van der Waals surface area contributed by atoms with Gasteiger partial charge in [-0.15, -0.1) is 0 Å². The molecule has 0 aliphatic heterocycles. The summed E-state index contributed by atoms with van der Waals surface area (Å²) in [5, 5.41) is 8.47. The van der Waals surface area contributed by atoms with Crippen LogP contribution < -0.4 is 9.47 Å². The van der Waals surface area contributed by atoms with Crippen LogP contribution in [0.4, 0.5) is 8.78 Å². The van der Waals surface area contributed by atoms with E-state index in [0.717, 1.165) is 0 Å². The van der Waals surface area contributed by atoms with Crippen LogP contribution in [0, 0.1) is 0 Å². The molecule has 0 amide bonds. The fourth-order valence-electron chi connectivity index (χ4n) is 1.70. The van der Waals surface area contributed by atoms with Crippen molar-refractivity contribution < 1.29 is 28.2 Å². The molecule has 0 saturated carbocycles. The van der Waals surface area contributed by atoms with Crippen LogP contribution in [0.25, 0.3) is 0 Å². The standard InChI is InChI=1S/C13H16F2O4/c1-18-9-5-6-11(19-2)10(8-9)13(14,15)7-3-4-12(16)17/h5-6,8H,3-4,7H2,1-2H3,(H,16,17). The maximum Gasteiger partial charge on any atom is 0.303 e. The third-order valence-electron chi connectivity index (χ3n) is 2.68. The van der Waals surface area contributed by atoms with E-state index in [-0.39, 0.29) is 24.2 Å². The van der Waals surface area contributed by atoms with E-state index in [1.165, 1.54) is 32.4 Å². The number of alkyl halides is 2. The van der Waals surface area contributed by atoms with Crippen molar-refractivity contribution in [3.05, 3.63) is 23.8 Å². The summed E-state index contributed by atoms with van der Waals surface area (Å²) in [6.07, 6.45) is -0.951. The maximum atomic E-state index is 14.0. The SMILES string of the molecule is COc1ccc(OC)c(C(F)(F)CCCC(=O)O)c1. The molecule has 0 atom stereocenters. The van der Waals surface area contributed by atoms with Crippen LogP contribution in [0.3, 0.4) is 0 Å². The monoisotopic (exact) mass is 274 g/mol. The second-order valence-electron chi connectivity index (χ2n) is 4.02. The minimum atomic E-state index is -3.16. The van der Waals surface area contributed by atoms with Crippen LogP contribution in [0.5, 0.6) is 11.5 Å². The summed E-state index contributed by atoms with van der Waals surface area (Å²) in [7, 11) is 2.69. The molecule has 0 aliphatic carbocycles. The number of aliphatic carboxylic acids is 1. The van der Waals surface area contributed by atoms with Crippen molar-refractivity contribution >= 4 is 5.97 Å². The van der Waals surface area contributed by atoms with E-state index in [1.807, 2.05) is 0 Å². The first-order valence-corrected chi connectivity index (χ1v) is 5.73. The van der Waals surface area contributed by atoms with Crippen molar-refractivity contribution in [1.29, 1.82) is 0 Å². The third kappa shape index (κ3) is 4.08. The summed E-state index contributed by atoms with van der Waals surface area (Å²) >= 11 is 0. The predicted octanol–water partition coefficient (Wildman–Crippen LogP) is 3.05. The summed E-state index contributed by atoms with van der Waals surface area (Å²) < 4.78 is 37.9. The zero-order chi connectivity index (χ0) is 14.5. The molecule has 4 nitrogen and oxygen atoms in total. The van der Waals surface area contributed by atoms with Crippen LogP contribution >= 0.6 is 0 Å². The zero-order valence-corrected chi connectivity index (χ0v) is 10.8. The fraction of sp³-hybridized carbons (Fsp3) is 0.462. The highest BCUT2D eigenvalue weighted by molar-refractivity contribution is 5.66. The van der Waals surface area contributed by atoms with E-state index in [4.69, 9.17) is 14.6 Å². The molecule has 0 unspecified atom stereocenters. The van der Waals surface area contributed by atoms with Crippen LogP contribution in [0.2, 0.25) is 0 Å². The summed E-state index contributed by atoms with van der Waals surface area (Å²) in [5.41, 5.74) is -0.292. The van der Waals surface area contributed by atoms with Crippen LogP contribution in [-0.4, -0.2) is 25.3 Å². The van der Waals surface area contributed by atoms with Gasteiger partial charge in [0.25, 0.3) is 5.92 Å². The molecule has 0 bridgehead atoms. The number of carboxylic acid groups (broad SMARTS) is 1. The molecule has 1 rings (SSSR count). The number of ether oxygens (including phenoxy) is 2. The highest BCUT2D eigenvalue weighted by atomic mass is 19.3. The first-order chi connectivity index (χ1) is 8.90. The van der Waals surface area contributed by atoms with Crippen molar-refractivity contribution in [3.63, 3.8) is 0 Å². The largest absolute Gasteiger partial charge is 0.497 e. The number of methoxy groups -OCH3 is 2. The van der Waals surface area contributed by atoms with Crippen molar-refractivity contribution in [1.82, 2.24) is 0 Å². The Hall–Kier alpha value is -1.85. The number of halogens is 2. The average Bonchev–Trinajstić information content (AvgIpc) is 2.37. The van der Waals surface area contributed by atoms with Gasteiger partial charge >= 0.3 is 5.97 Å². The summed E-state index contributed by atoms with van der Waals surface area (Å²) in [6.45, 7) is 0. The predicted molar refractivity (Wildman–Crippen MR) is 64.9 cm³/mol. The molecule has 19 heavy (non-hydrogen) atoms. The Morgan fingerprint density at radius 1 is 1.32 bits per heavy atom. The second kappa shape index (κ2) is 6.36. The van der Waals surface area contributed by atoms with E-state index >= 15 is 0 Å². The minimum Gasteiger partial charge on any atom is -0.497 e. The lowest BCUT2D eigenvalue weighted by molar-refractivity contribution is -0.137. The quantitative estimate of drug-likeness (QED) is 0.830. The van der Waals surface area contributed by atoms with Gasteiger partial charge in [-0.1, -0.05) is 0 Å². The van der Waals surface area contributed by atoms with Crippen LogP contribution in [0.15, 0.2) is 18.2 Å². The molecule has 1 aromatic carbocycles. The van der Waals surface area contributed by atoms with Crippen molar-refractivity contribution in [2.24, 2.45) is 0 Å². The van der Waals surface area contributed by atoms with Gasteiger partial charge in [0.15, 0.2) is 0 Å². The topological polar surface area (TPSA) is 55.8 Å². The maximum absolute atomic E-state index is 14.0. The molecule has 1 N–H and O–H groups in total. The number of rotatable bonds is 7. The first kappa shape index (κ1) is 15.2. The van der Waals surface area contributed by atoms with E-state index in [9.17, 15) is 13.6 Å². The second-order valence-corrected chi connectivity index (χ2v) is 4.02.